The Morgan fingerprint density at radius 1 is 1.04 bits per heavy atom. The number of esters is 1. The van der Waals surface area contributed by atoms with Gasteiger partial charge in [0, 0.05) is 25.5 Å². The van der Waals surface area contributed by atoms with E-state index in [2.05, 4.69) is 22.4 Å². The SMILES string of the molecule is COC(=O)c1ccccc1NC(=O)c1cc(N(C)Cc2ccccc2)ccn1. The number of nitrogens with zero attached hydrogens (tertiary/aromatic N) is 2. The van der Waals surface area contributed by atoms with Crippen LogP contribution in [0.4, 0.5) is 11.4 Å². The molecular weight excluding hydrogens is 354 g/mol. The van der Waals surface area contributed by atoms with Crippen LogP contribution in [0.25, 0.3) is 0 Å². The molecule has 2 aromatic carbocycles. The van der Waals surface area contributed by atoms with E-state index in [9.17, 15) is 9.59 Å². The van der Waals surface area contributed by atoms with Crippen molar-refractivity contribution in [3.63, 3.8) is 0 Å². The van der Waals surface area contributed by atoms with Gasteiger partial charge >= 0.3 is 5.97 Å². The number of benzene rings is 2. The Morgan fingerprint density at radius 3 is 2.50 bits per heavy atom. The van der Waals surface area contributed by atoms with Gasteiger partial charge in [-0.3, -0.25) is 9.78 Å². The molecule has 1 amide bonds. The van der Waals surface area contributed by atoms with Crippen molar-refractivity contribution in [2.75, 3.05) is 24.4 Å². The molecule has 0 fully saturated rings. The van der Waals surface area contributed by atoms with Gasteiger partial charge in [0.25, 0.3) is 5.91 Å². The van der Waals surface area contributed by atoms with Crippen molar-refractivity contribution in [1.82, 2.24) is 4.98 Å². The number of methoxy groups -OCH3 is 1. The highest BCUT2D eigenvalue weighted by Crippen LogP contribution is 2.19. The first kappa shape index (κ1) is 19.1. The summed E-state index contributed by atoms with van der Waals surface area (Å²) < 4.78 is 4.76. The Balaban J connectivity index is 1.77. The van der Waals surface area contributed by atoms with Crippen LogP contribution in [-0.4, -0.2) is 31.0 Å². The number of rotatable bonds is 6. The van der Waals surface area contributed by atoms with Gasteiger partial charge in [-0.1, -0.05) is 42.5 Å². The zero-order chi connectivity index (χ0) is 19.9. The van der Waals surface area contributed by atoms with E-state index in [0.29, 0.717) is 12.2 Å². The molecule has 0 aliphatic heterocycles. The molecule has 0 unspecified atom stereocenters. The number of anilines is 2. The van der Waals surface area contributed by atoms with Crippen molar-refractivity contribution in [1.29, 1.82) is 0 Å². The number of carbonyl (C=O) groups excluding carboxylic acids is 2. The second-order valence-electron chi connectivity index (χ2n) is 6.23. The fraction of sp³-hybridized carbons (Fsp3) is 0.136. The van der Waals surface area contributed by atoms with Crippen LogP contribution >= 0.6 is 0 Å². The standard InChI is InChI=1S/C22H21N3O3/c1-25(15-16-8-4-3-5-9-16)17-12-13-23-20(14-17)21(26)24-19-11-7-6-10-18(19)22(27)28-2/h3-14H,15H2,1-2H3,(H,24,26). The first-order chi connectivity index (χ1) is 13.6. The summed E-state index contributed by atoms with van der Waals surface area (Å²) >= 11 is 0. The molecule has 0 saturated heterocycles. The lowest BCUT2D eigenvalue weighted by atomic mass is 10.1. The predicted octanol–water partition coefficient (Wildman–Crippen LogP) is 3.76. The van der Waals surface area contributed by atoms with Crippen LogP contribution in [0, 0.1) is 0 Å². The third-order valence-corrected chi connectivity index (χ3v) is 4.26. The number of ether oxygens (including phenoxy) is 1. The molecule has 28 heavy (non-hydrogen) atoms. The highest BCUT2D eigenvalue weighted by atomic mass is 16.5. The minimum absolute atomic E-state index is 0.261. The van der Waals surface area contributed by atoms with Crippen molar-refractivity contribution < 1.29 is 14.3 Å². The van der Waals surface area contributed by atoms with E-state index in [0.717, 1.165) is 5.69 Å². The highest BCUT2D eigenvalue weighted by molar-refractivity contribution is 6.07. The smallest absolute Gasteiger partial charge is 0.339 e. The van der Waals surface area contributed by atoms with Crippen LogP contribution in [0.15, 0.2) is 72.9 Å². The topological polar surface area (TPSA) is 71.5 Å². The Morgan fingerprint density at radius 2 is 1.75 bits per heavy atom. The number of aromatic nitrogens is 1. The maximum atomic E-state index is 12.7. The monoisotopic (exact) mass is 375 g/mol. The van der Waals surface area contributed by atoms with Crippen LogP contribution in [0.3, 0.4) is 0 Å². The third-order valence-electron chi connectivity index (χ3n) is 4.26. The number of amides is 1. The van der Waals surface area contributed by atoms with E-state index in [4.69, 9.17) is 4.74 Å². The third kappa shape index (κ3) is 4.54. The first-order valence-electron chi connectivity index (χ1n) is 8.78. The Labute approximate surface area is 163 Å². The van der Waals surface area contributed by atoms with Gasteiger partial charge in [0.15, 0.2) is 0 Å². The lowest BCUT2D eigenvalue weighted by Gasteiger charge is -2.20. The van der Waals surface area contributed by atoms with Gasteiger partial charge in [0.05, 0.1) is 18.4 Å². The first-order valence-corrected chi connectivity index (χ1v) is 8.78. The summed E-state index contributed by atoms with van der Waals surface area (Å²) in [5.41, 5.74) is 2.96. The van der Waals surface area contributed by atoms with E-state index >= 15 is 0 Å². The van der Waals surface area contributed by atoms with Gasteiger partial charge in [-0.05, 0) is 29.8 Å². The number of pyridine rings is 1. The number of para-hydroxylation sites is 1. The van der Waals surface area contributed by atoms with Gasteiger partial charge in [0.2, 0.25) is 0 Å². The largest absolute Gasteiger partial charge is 0.465 e. The van der Waals surface area contributed by atoms with Gasteiger partial charge in [0.1, 0.15) is 5.69 Å². The lowest BCUT2D eigenvalue weighted by molar-refractivity contribution is 0.0602. The molecule has 1 N–H and O–H groups in total. The molecule has 0 aliphatic rings. The molecule has 142 valence electrons. The summed E-state index contributed by atoms with van der Waals surface area (Å²) in [5, 5.41) is 2.74. The minimum atomic E-state index is -0.514. The van der Waals surface area contributed by atoms with Gasteiger partial charge in [-0.25, -0.2) is 4.79 Å². The Kier molecular flexibility index (Phi) is 6.01. The van der Waals surface area contributed by atoms with Crippen molar-refractivity contribution in [2.24, 2.45) is 0 Å². The van der Waals surface area contributed by atoms with Crippen LogP contribution in [0.1, 0.15) is 26.4 Å². The number of nitrogens with one attached hydrogen (secondary N) is 1. The molecule has 3 rings (SSSR count). The second-order valence-corrected chi connectivity index (χ2v) is 6.23. The molecule has 0 bridgehead atoms. The summed E-state index contributed by atoms with van der Waals surface area (Å²) in [4.78, 5) is 30.7. The molecule has 1 aromatic heterocycles. The van der Waals surface area contributed by atoms with Crippen molar-refractivity contribution in [2.45, 2.75) is 6.54 Å². The van der Waals surface area contributed by atoms with Crippen molar-refractivity contribution >= 4 is 23.3 Å². The quantitative estimate of drug-likeness (QED) is 0.664. The maximum absolute atomic E-state index is 12.7. The predicted molar refractivity (Wildman–Crippen MR) is 109 cm³/mol. The maximum Gasteiger partial charge on any atom is 0.339 e. The summed E-state index contributed by atoms with van der Waals surface area (Å²) in [6.45, 7) is 0.705. The molecule has 0 spiro atoms. The second kappa shape index (κ2) is 8.81. The average Bonchev–Trinajstić information content (AvgIpc) is 2.74. The van der Waals surface area contributed by atoms with Crippen LogP contribution in [-0.2, 0) is 11.3 Å². The zero-order valence-corrected chi connectivity index (χ0v) is 15.8. The molecule has 0 aliphatic carbocycles. The van der Waals surface area contributed by atoms with E-state index in [1.54, 1.807) is 36.5 Å². The fourth-order valence-electron chi connectivity index (χ4n) is 2.80. The molecule has 0 saturated carbocycles. The van der Waals surface area contributed by atoms with E-state index in [-0.39, 0.29) is 11.3 Å². The van der Waals surface area contributed by atoms with E-state index in [1.165, 1.54) is 12.7 Å². The molecule has 6 nitrogen and oxygen atoms in total. The zero-order valence-electron chi connectivity index (χ0n) is 15.8. The van der Waals surface area contributed by atoms with Crippen molar-refractivity contribution in [3.8, 4) is 0 Å². The van der Waals surface area contributed by atoms with Gasteiger partial charge < -0.3 is 15.0 Å². The van der Waals surface area contributed by atoms with E-state index < -0.39 is 11.9 Å². The van der Waals surface area contributed by atoms with E-state index in [1.807, 2.05) is 36.2 Å². The number of hydrogen-bond acceptors (Lipinski definition) is 5. The van der Waals surface area contributed by atoms with Gasteiger partial charge in [-0.15, -0.1) is 0 Å². The number of carbonyl (C=O) groups is 2. The fourth-order valence-corrected chi connectivity index (χ4v) is 2.80. The number of hydrogen-bond donors (Lipinski definition) is 1. The minimum Gasteiger partial charge on any atom is -0.465 e. The normalized spacial score (nSPS) is 10.2. The van der Waals surface area contributed by atoms with Crippen LogP contribution in [0.2, 0.25) is 0 Å². The average molecular weight is 375 g/mol. The Bertz CT molecular complexity index is 974. The molecule has 1 heterocycles. The summed E-state index contributed by atoms with van der Waals surface area (Å²) in [6, 6.07) is 20.3. The highest BCUT2D eigenvalue weighted by Gasteiger charge is 2.15. The summed E-state index contributed by atoms with van der Waals surface area (Å²) in [5.74, 6) is -0.911. The summed E-state index contributed by atoms with van der Waals surface area (Å²) in [7, 11) is 3.26. The van der Waals surface area contributed by atoms with Crippen LogP contribution < -0.4 is 10.2 Å². The molecule has 3 aromatic rings. The van der Waals surface area contributed by atoms with Gasteiger partial charge in [-0.2, -0.15) is 0 Å². The van der Waals surface area contributed by atoms with Crippen molar-refractivity contribution in [3.05, 3.63) is 89.7 Å². The molecular formula is C22H21N3O3. The Hall–Kier alpha value is -3.67. The molecule has 0 radical (unpaired) electrons. The van der Waals surface area contributed by atoms with Crippen LogP contribution in [0.5, 0.6) is 0 Å². The summed E-state index contributed by atoms with van der Waals surface area (Å²) in [6.07, 6.45) is 1.60. The lowest BCUT2D eigenvalue weighted by Crippen LogP contribution is -2.19. The molecule has 0 atom stereocenters. The molecule has 6 heteroatoms.